The minimum absolute atomic E-state index is 0.00280. The maximum atomic E-state index is 12.8. The number of nitrogens with two attached hydrogens (primary N) is 1. The Balaban J connectivity index is 1.36. The lowest BCUT2D eigenvalue weighted by Crippen LogP contribution is -2.24. The normalized spacial score (nSPS) is 10.9. The van der Waals surface area contributed by atoms with Gasteiger partial charge in [-0.2, -0.15) is 0 Å². The van der Waals surface area contributed by atoms with Crippen LogP contribution in [0.1, 0.15) is 25.9 Å². The molecule has 174 valence electrons. The fraction of sp³-hybridized carbons (Fsp3) is 0.208. The van der Waals surface area contributed by atoms with E-state index in [2.05, 4.69) is 20.3 Å². The summed E-state index contributed by atoms with van der Waals surface area (Å²) in [5.41, 5.74) is 7.29. The molecule has 0 unspecified atom stereocenters. The Kier molecular flexibility index (Phi) is 7.39. The van der Waals surface area contributed by atoms with Gasteiger partial charge in [-0.3, -0.25) is 9.59 Å². The highest BCUT2D eigenvalue weighted by Gasteiger charge is 2.14. The number of nitrogens with one attached hydrogen (secondary N) is 1. The number of pyridine rings is 1. The summed E-state index contributed by atoms with van der Waals surface area (Å²) >= 11 is 2.75. The average Bonchev–Trinajstić information content (AvgIpc) is 3.31. The topological polar surface area (TPSA) is 120 Å². The van der Waals surface area contributed by atoms with Gasteiger partial charge in [0.05, 0.1) is 36.2 Å². The Morgan fingerprint density at radius 2 is 2.03 bits per heavy atom. The molecule has 34 heavy (non-hydrogen) atoms. The van der Waals surface area contributed by atoms with Gasteiger partial charge in [-0.15, -0.1) is 11.3 Å². The van der Waals surface area contributed by atoms with Crippen molar-refractivity contribution >= 4 is 51.5 Å². The molecule has 10 heteroatoms. The number of aromatic nitrogens is 3. The zero-order chi connectivity index (χ0) is 24.1. The van der Waals surface area contributed by atoms with Gasteiger partial charge in [-0.1, -0.05) is 17.8 Å². The predicted molar refractivity (Wildman–Crippen MR) is 134 cm³/mol. The summed E-state index contributed by atoms with van der Waals surface area (Å²) in [4.78, 5) is 39.6. The summed E-state index contributed by atoms with van der Waals surface area (Å²) in [7, 11) is 1.61. The number of nitrogen functional groups attached to an aromatic ring is 1. The highest BCUT2D eigenvalue weighted by atomic mass is 32.2. The van der Waals surface area contributed by atoms with Gasteiger partial charge in [0.2, 0.25) is 5.91 Å². The number of methoxy groups -OCH3 is 1. The van der Waals surface area contributed by atoms with Gasteiger partial charge in [-0.05, 0) is 43.3 Å². The van der Waals surface area contributed by atoms with Crippen LogP contribution >= 0.6 is 23.1 Å². The standard InChI is InChI=1S/C24H23N5O3S2/c1-14-28-19-7-5-16(32-2)11-18(19)24(29-14)33-13-20(30)21-8-6-17(34-21)12-27-22(31)10-15-4-3-9-26-23(15)25/h3-9,11H,10,12-13H2,1-2H3,(H2,25,26)(H,27,31). The van der Waals surface area contributed by atoms with Crippen LogP contribution in [0.5, 0.6) is 5.75 Å². The number of hydrogen-bond acceptors (Lipinski definition) is 9. The number of hydrogen-bond donors (Lipinski definition) is 2. The number of aryl methyl sites for hydroxylation is 1. The van der Waals surface area contributed by atoms with E-state index in [9.17, 15) is 9.59 Å². The smallest absolute Gasteiger partial charge is 0.224 e. The van der Waals surface area contributed by atoms with Crippen molar-refractivity contribution in [1.29, 1.82) is 0 Å². The van der Waals surface area contributed by atoms with Crippen LogP contribution in [-0.4, -0.2) is 39.5 Å². The summed E-state index contributed by atoms with van der Waals surface area (Å²) in [5, 5.41) is 4.46. The largest absolute Gasteiger partial charge is 0.497 e. The van der Waals surface area contributed by atoms with Gasteiger partial charge in [0.1, 0.15) is 22.4 Å². The highest BCUT2D eigenvalue weighted by molar-refractivity contribution is 8.00. The van der Waals surface area contributed by atoms with Crippen molar-refractivity contribution in [3.63, 3.8) is 0 Å². The monoisotopic (exact) mass is 493 g/mol. The Labute approximate surface area is 205 Å². The molecule has 0 atom stereocenters. The summed E-state index contributed by atoms with van der Waals surface area (Å²) in [6.45, 7) is 2.18. The zero-order valence-corrected chi connectivity index (χ0v) is 20.3. The molecule has 1 aromatic carbocycles. The van der Waals surface area contributed by atoms with E-state index >= 15 is 0 Å². The van der Waals surface area contributed by atoms with E-state index < -0.39 is 0 Å². The number of rotatable bonds is 9. The van der Waals surface area contributed by atoms with Crippen molar-refractivity contribution in [3.05, 3.63) is 69.8 Å². The predicted octanol–water partition coefficient (Wildman–Crippen LogP) is 3.82. The molecule has 0 aliphatic carbocycles. The van der Waals surface area contributed by atoms with Gasteiger partial charge in [0.15, 0.2) is 5.78 Å². The molecule has 0 spiro atoms. The van der Waals surface area contributed by atoms with E-state index in [1.165, 1.54) is 23.1 Å². The maximum absolute atomic E-state index is 12.8. The maximum Gasteiger partial charge on any atom is 0.224 e. The average molecular weight is 494 g/mol. The van der Waals surface area contributed by atoms with Crippen molar-refractivity contribution in [1.82, 2.24) is 20.3 Å². The first-order valence-corrected chi connectivity index (χ1v) is 12.3. The van der Waals surface area contributed by atoms with Gasteiger partial charge in [0.25, 0.3) is 0 Å². The SMILES string of the molecule is COc1ccc2nc(C)nc(SCC(=O)c3ccc(CNC(=O)Cc4cccnc4N)s3)c2c1. The van der Waals surface area contributed by atoms with Crippen molar-refractivity contribution < 1.29 is 14.3 Å². The molecule has 0 aliphatic rings. The number of thioether (sulfide) groups is 1. The third-order valence-electron chi connectivity index (χ3n) is 4.99. The van der Waals surface area contributed by atoms with E-state index in [1.807, 2.05) is 31.2 Å². The Hall–Kier alpha value is -3.50. The summed E-state index contributed by atoms with van der Waals surface area (Å²) in [6, 6.07) is 12.8. The van der Waals surface area contributed by atoms with E-state index in [4.69, 9.17) is 10.5 Å². The Morgan fingerprint density at radius 3 is 2.82 bits per heavy atom. The number of carbonyl (C=O) groups is 2. The van der Waals surface area contributed by atoms with Crippen LogP contribution in [-0.2, 0) is 17.8 Å². The first kappa shape index (κ1) is 23.7. The fourth-order valence-corrected chi connectivity index (χ4v) is 5.19. The molecule has 0 aliphatic heterocycles. The van der Waals surface area contributed by atoms with Crippen LogP contribution in [0.3, 0.4) is 0 Å². The van der Waals surface area contributed by atoms with Crippen LogP contribution in [0.4, 0.5) is 5.82 Å². The molecule has 3 heterocycles. The molecule has 0 saturated heterocycles. The number of ether oxygens (including phenoxy) is 1. The lowest BCUT2D eigenvalue weighted by Gasteiger charge is -2.08. The molecule has 1 amide bonds. The van der Waals surface area contributed by atoms with E-state index in [1.54, 1.807) is 31.5 Å². The van der Waals surface area contributed by atoms with Crippen LogP contribution in [0.2, 0.25) is 0 Å². The van der Waals surface area contributed by atoms with Crippen molar-refractivity contribution in [2.75, 3.05) is 18.6 Å². The Bertz CT molecular complexity index is 1360. The number of anilines is 1. The first-order chi connectivity index (χ1) is 16.4. The Morgan fingerprint density at radius 1 is 1.18 bits per heavy atom. The van der Waals surface area contributed by atoms with Gasteiger partial charge < -0.3 is 15.8 Å². The zero-order valence-electron chi connectivity index (χ0n) is 18.7. The molecule has 4 aromatic rings. The number of carbonyl (C=O) groups excluding carboxylic acids is 2. The molecule has 4 rings (SSSR count). The second kappa shape index (κ2) is 10.6. The van der Waals surface area contributed by atoms with E-state index in [0.717, 1.165) is 20.8 Å². The molecule has 0 fully saturated rings. The number of thiophene rings is 1. The third kappa shape index (κ3) is 5.70. The lowest BCUT2D eigenvalue weighted by atomic mass is 10.2. The molecule has 0 radical (unpaired) electrons. The van der Waals surface area contributed by atoms with E-state index in [0.29, 0.717) is 34.4 Å². The highest BCUT2D eigenvalue weighted by Crippen LogP contribution is 2.29. The molecule has 0 saturated carbocycles. The molecule has 3 N–H and O–H groups in total. The third-order valence-corrected chi connectivity index (χ3v) is 7.11. The quantitative estimate of drug-likeness (QED) is 0.205. The second-order valence-corrected chi connectivity index (χ2v) is 9.57. The van der Waals surface area contributed by atoms with Gasteiger partial charge >= 0.3 is 0 Å². The number of amides is 1. The van der Waals surface area contributed by atoms with Gasteiger partial charge in [0, 0.05) is 22.0 Å². The molecule has 8 nitrogen and oxygen atoms in total. The number of fused-ring (bicyclic) bond motifs is 1. The first-order valence-electron chi connectivity index (χ1n) is 10.5. The number of nitrogens with zero attached hydrogens (tertiary/aromatic N) is 3. The summed E-state index contributed by atoms with van der Waals surface area (Å²) in [5.74, 6) is 1.80. The summed E-state index contributed by atoms with van der Waals surface area (Å²) in [6.07, 6.45) is 1.75. The number of benzene rings is 1. The van der Waals surface area contributed by atoms with Crippen molar-refractivity contribution in [2.24, 2.45) is 0 Å². The van der Waals surface area contributed by atoms with Gasteiger partial charge in [-0.25, -0.2) is 15.0 Å². The second-order valence-electron chi connectivity index (χ2n) is 7.44. The van der Waals surface area contributed by atoms with E-state index in [-0.39, 0.29) is 23.9 Å². The molecular formula is C24H23N5O3S2. The van der Waals surface area contributed by atoms with Crippen LogP contribution in [0.25, 0.3) is 10.9 Å². The van der Waals surface area contributed by atoms with Crippen LogP contribution in [0, 0.1) is 6.92 Å². The fourth-order valence-electron chi connectivity index (χ4n) is 3.28. The number of ketones is 1. The van der Waals surface area contributed by atoms with Crippen molar-refractivity contribution in [2.45, 2.75) is 24.9 Å². The van der Waals surface area contributed by atoms with Crippen molar-refractivity contribution in [3.8, 4) is 5.75 Å². The van der Waals surface area contributed by atoms with Crippen LogP contribution in [0.15, 0.2) is 53.7 Å². The minimum Gasteiger partial charge on any atom is -0.497 e. The number of Topliss-reactive ketones (excluding diaryl/α,β-unsaturated/α-hetero) is 1. The lowest BCUT2D eigenvalue weighted by molar-refractivity contribution is -0.120. The molecular weight excluding hydrogens is 470 g/mol. The molecule has 3 aromatic heterocycles. The van der Waals surface area contributed by atoms with Crippen LogP contribution < -0.4 is 15.8 Å². The minimum atomic E-state index is -0.155. The summed E-state index contributed by atoms with van der Waals surface area (Å²) < 4.78 is 5.31. The molecule has 0 bridgehead atoms.